The predicted molar refractivity (Wildman–Crippen MR) is 69.0 cm³/mol. The molecule has 0 fully saturated rings. The van der Waals surface area contributed by atoms with Gasteiger partial charge in [0.2, 0.25) is 5.89 Å². The van der Waals surface area contributed by atoms with Crippen LogP contribution < -0.4 is 5.73 Å². The molecular formula is C13H20N4O. The molecule has 18 heavy (non-hydrogen) atoms. The summed E-state index contributed by atoms with van der Waals surface area (Å²) in [5, 5.41) is 3.88. The highest BCUT2D eigenvalue weighted by molar-refractivity contribution is 5.16. The normalized spacial score (nSPS) is 13.2. The van der Waals surface area contributed by atoms with Gasteiger partial charge in [0.1, 0.15) is 6.54 Å². The monoisotopic (exact) mass is 248 g/mol. The molecule has 0 amide bonds. The second kappa shape index (κ2) is 5.35. The smallest absolute Gasteiger partial charge is 0.246 e. The molecule has 0 spiro atoms. The summed E-state index contributed by atoms with van der Waals surface area (Å²) in [7, 11) is 0. The molecule has 2 heterocycles. The average Bonchev–Trinajstić information content (AvgIpc) is 2.97. The molecule has 5 heteroatoms. The molecule has 0 radical (unpaired) electrons. The van der Waals surface area contributed by atoms with Crippen molar-refractivity contribution in [3.05, 3.63) is 35.7 Å². The van der Waals surface area contributed by atoms with Crippen LogP contribution in [0, 0.1) is 5.92 Å². The number of nitrogens with zero attached hydrogens (tertiary/aromatic N) is 3. The molecule has 2 aromatic rings. The molecule has 98 valence electrons. The molecule has 0 saturated heterocycles. The third-order valence-electron chi connectivity index (χ3n) is 3.02. The standard InChI is InChI=1S/C13H20N4O/c1-4-11-15-12(18-16-11)8-17-6-5-10(7-17)13(14)9(2)3/h5-7,9,13H,4,8,14H2,1-3H3. The van der Waals surface area contributed by atoms with Crippen LogP contribution in [0.15, 0.2) is 23.0 Å². The van der Waals surface area contributed by atoms with Crippen LogP contribution in [0.2, 0.25) is 0 Å². The third kappa shape index (κ3) is 2.79. The molecule has 0 aliphatic heterocycles. The van der Waals surface area contributed by atoms with Gasteiger partial charge in [-0.15, -0.1) is 0 Å². The minimum atomic E-state index is 0.0696. The van der Waals surface area contributed by atoms with E-state index in [0.717, 1.165) is 17.8 Å². The Kier molecular flexibility index (Phi) is 3.81. The molecule has 2 aromatic heterocycles. The maximum Gasteiger partial charge on any atom is 0.246 e. The first-order valence-corrected chi connectivity index (χ1v) is 6.33. The van der Waals surface area contributed by atoms with Gasteiger partial charge in [-0.1, -0.05) is 25.9 Å². The minimum Gasteiger partial charge on any atom is -0.345 e. The molecule has 1 atom stereocenters. The summed E-state index contributed by atoms with van der Waals surface area (Å²) >= 11 is 0. The number of nitrogens with two attached hydrogens (primary N) is 1. The van der Waals surface area contributed by atoms with Gasteiger partial charge in [0.05, 0.1) is 0 Å². The van der Waals surface area contributed by atoms with Crippen molar-refractivity contribution < 1.29 is 4.52 Å². The van der Waals surface area contributed by atoms with Crippen molar-refractivity contribution in [3.63, 3.8) is 0 Å². The van der Waals surface area contributed by atoms with E-state index in [1.807, 2.05) is 30.0 Å². The van der Waals surface area contributed by atoms with Crippen molar-refractivity contribution in [1.82, 2.24) is 14.7 Å². The van der Waals surface area contributed by atoms with E-state index >= 15 is 0 Å². The van der Waals surface area contributed by atoms with E-state index in [2.05, 4.69) is 24.0 Å². The third-order valence-corrected chi connectivity index (χ3v) is 3.02. The lowest BCUT2D eigenvalue weighted by molar-refractivity contribution is 0.366. The Morgan fingerprint density at radius 1 is 1.44 bits per heavy atom. The fourth-order valence-electron chi connectivity index (χ4n) is 1.79. The predicted octanol–water partition coefficient (Wildman–Crippen LogP) is 2.14. The molecular weight excluding hydrogens is 228 g/mol. The van der Waals surface area contributed by atoms with Crippen molar-refractivity contribution in [1.29, 1.82) is 0 Å². The molecule has 2 rings (SSSR count). The lowest BCUT2D eigenvalue weighted by Gasteiger charge is -2.13. The van der Waals surface area contributed by atoms with Gasteiger partial charge in [0.15, 0.2) is 5.82 Å². The fraction of sp³-hybridized carbons (Fsp3) is 0.538. The number of rotatable bonds is 5. The molecule has 0 aliphatic carbocycles. The van der Waals surface area contributed by atoms with Crippen LogP contribution in [0.1, 0.15) is 44.1 Å². The quantitative estimate of drug-likeness (QED) is 0.880. The maximum absolute atomic E-state index is 6.11. The zero-order chi connectivity index (χ0) is 13.1. The van der Waals surface area contributed by atoms with Gasteiger partial charge >= 0.3 is 0 Å². The molecule has 0 aliphatic rings. The zero-order valence-electron chi connectivity index (χ0n) is 11.1. The van der Waals surface area contributed by atoms with Crippen LogP contribution in [-0.2, 0) is 13.0 Å². The van der Waals surface area contributed by atoms with Gasteiger partial charge in [-0.25, -0.2) is 0 Å². The van der Waals surface area contributed by atoms with Gasteiger partial charge in [-0.05, 0) is 17.5 Å². The van der Waals surface area contributed by atoms with Gasteiger partial charge in [0, 0.05) is 24.9 Å². The SMILES string of the molecule is CCc1noc(Cn2ccc(C(N)C(C)C)c2)n1. The Balaban J connectivity index is 2.06. The Morgan fingerprint density at radius 3 is 2.83 bits per heavy atom. The summed E-state index contributed by atoms with van der Waals surface area (Å²) in [4.78, 5) is 4.28. The lowest BCUT2D eigenvalue weighted by Crippen LogP contribution is -2.15. The molecule has 2 N–H and O–H groups in total. The lowest BCUT2D eigenvalue weighted by atomic mass is 10.00. The second-order valence-electron chi connectivity index (χ2n) is 4.84. The summed E-state index contributed by atoms with van der Waals surface area (Å²) < 4.78 is 7.18. The van der Waals surface area contributed by atoms with Crippen LogP contribution in [0.3, 0.4) is 0 Å². The van der Waals surface area contributed by atoms with E-state index in [1.54, 1.807) is 0 Å². The van der Waals surface area contributed by atoms with Gasteiger partial charge in [-0.3, -0.25) is 0 Å². The highest BCUT2D eigenvalue weighted by Crippen LogP contribution is 2.19. The highest BCUT2D eigenvalue weighted by atomic mass is 16.5. The van der Waals surface area contributed by atoms with E-state index in [9.17, 15) is 0 Å². The van der Waals surface area contributed by atoms with Gasteiger partial charge in [0.25, 0.3) is 0 Å². The van der Waals surface area contributed by atoms with E-state index in [1.165, 1.54) is 0 Å². The Hall–Kier alpha value is -1.62. The summed E-state index contributed by atoms with van der Waals surface area (Å²) in [6.07, 6.45) is 4.83. The summed E-state index contributed by atoms with van der Waals surface area (Å²) in [6.45, 7) is 6.84. The van der Waals surface area contributed by atoms with Gasteiger partial charge in [-0.2, -0.15) is 4.98 Å². The van der Waals surface area contributed by atoms with Crippen molar-refractivity contribution >= 4 is 0 Å². The average molecular weight is 248 g/mol. The first-order valence-electron chi connectivity index (χ1n) is 6.33. The Labute approximate surface area is 107 Å². The summed E-state index contributed by atoms with van der Waals surface area (Å²) in [5.74, 6) is 1.80. The van der Waals surface area contributed by atoms with Gasteiger partial charge < -0.3 is 14.8 Å². The van der Waals surface area contributed by atoms with Crippen molar-refractivity contribution in [2.75, 3.05) is 0 Å². The number of aromatic nitrogens is 3. The van der Waals surface area contributed by atoms with Crippen LogP contribution in [0.4, 0.5) is 0 Å². The maximum atomic E-state index is 6.11. The van der Waals surface area contributed by atoms with Crippen molar-refractivity contribution in [2.45, 2.75) is 39.8 Å². The number of hydrogen-bond donors (Lipinski definition) is 1. The molecule has 0 bridgehead atoms. The largest absolute Gasteiger partial charge is 0.345 e. The first kappa shape index (κ1) is 12.8. The summed E-state index contributed by atoms with van der Waals surface area (Å²) in [5.41, 5.74) is 7.24. The minimum absolute atomic E-state index is 0.0696. The van der Waals surface area contributed by atoms with E-state index < -0.39 is 0 Å². The zero-order valence-corrected chi connectivity index (χ0v) is 11.1. The number of hydrogen-bond acceptors (Lipinski definition) is 4. The first-order chi connectivity index (χ1) is 8.60. The topological polar surface area (TPSA) is 69.9 Å². The molecule has 1 unspecified atom stereocenters. The Bertz CT molecular complexity index is 501. The van der Waals surface area contributed by atoms with E-state index in [-0.39, 0.29) is 6.04 Å². The second-order valence-corrected chi connectivity index (χ2v) is 4.84. The van der Waals surface area contributed by atoms with E-state index in [4.69, 9.17) is 10.3 Å². The van der Waals surface area contributed by atoms with Crippen LogP contribution in [0.25, 0.3) is 0 Å². The van der Waals surface area contributed by atoms with E-state index in [0.29, 0.717) is 18.4 Å². The summed E-state index contributed by atoms with van der Waals surface area (Å²) in [6, 6.07) is 2.11. The molecule has 0 saturated carbocycles. The Morgan fingerprint density at radius 2 is 2.22 bits per heavy atom. The van der Waals surface area contributed by atoms with Crippen LogP contribution in [0.5, 0.6) is 0 Å². The van der Waals surface area contributed by atoms with Crippen molar-refractivity contribution in [3.8, 4) is 0 Å². The molecule has 5 nitrogen and oxygen atoms in total. The highest BCUT2D eigenvalue weighted by Gasteiger charge is 2.12. The van der Waals surface area contributed by atoms with Crippen LogP contribution >= 0.6 is 0 Å². The molecule has 0 aromatic carbocycles. The fourth-order valence-corrected chi connectivity index (χ4v) is 1.79. The van der Waals surface area contributed by atoms with Crippen molar-refractivity contribution in [2.24, 2.45) is 11.7 Å². The number of aryl methyl sites for hydroxylation is 1. The van der Waals surface area contributed by atoms with Crippen LogP contribution in [-0.4, -0.2) is 14.7 Å².